The molecule has 0 bridgehead atoms. The Bertz CT molecular complexity index is 1040. The van der Waals surface area contributed by atoms with Crippen molar-refractivity contribution in [1.82, 2.24) is 10.2 Å². The molecule has 8 nitrogen and oxygen atoms in total. The fourth-order valence-corrected chi connectivity index (χ4v) is 3.63. The molecule has 9 heteroatoms. The topological polar surface area (TPSA) is 102 Å². The van der Waals surface area contributed by atoms with E-state index >= 15 is 0 Å². The quantitative estimate of drug-likeness (QED) is 0.412. The Hall–Kier alpha value is -3.46. The van der Waals surface area contributed by atoms with Gasteiger partial charge in [0.25, 0.3) is 11.8 Å². The molecule has 0 radical (unpaired) electrons. The lowest BCUT2D eigenvalue weighted by Crippen LogP contribution is -2.20. The average molecular weight is 455 g/mol. The van der Waals surface area contributed by atoms with Crippen LogP contribution in [0, 0.1) is 0 Å². The number of hydrogen-bond donors (Lipinski definition) is 2. The van der Waals surface area contributed by atoms with Crippen LogP contribution in [0.2, 0.25) is 0 Å². The van der Waals surface area contributed by atoms with E-state index in [0.29, 0.717) is 27.9 Å². The second kappa shape index (κ2) is 11.8. The summed E-state index contributed by atoms with van der Waals surface area (Å²) in [6.45, 7) is 1.99. The van der Waals surface area contributed by atoms with Crippen molar-refractivity contribution in [2.24, 2.45) is 0 Å². The van der Waals surface area contributed by atoms with E-state index in [9.17, 15) is 9.59 Å². The largest absolute Gasteiger partial charge is 0.497 e. The zero-order valence-corrected chi connectivity index (χ0v) is 18.9. The van der Waals surface area contributed by atoms with E-state index in [4.69, 9.17) is 9.47 Å². The lowest BCUT2D eigenvalue weighted by molar-refractivity contribution is -0.118. The third kappa shape index (κ3) is 7.05. The Morgan fingerprint density at radius 1 is 1.00 bits per heavy atom. The first-order chi connectivity index (χ1) is 15.6. The van der Waals surface area contributed by atoms with Crippen molar-refractivity contribution in [3.05, 3.63) is 59.1 Å². The predicted octanol–water partition coefficient (Wildman–Crippen LogP) is 4.55. The first-order valence-electron chi connectivity index (χ1n) is 10.4. The first kappa shape index (κ1) is 23.2. The van der Waals surface area contributed by atoms with E-state index in [1.54, 1.807) is 55.6 Å². The number of carbonyl (C=O) groups excluding carboxylic acids is 2. The van der Waals surface area contributed by atoms with Crippen LogP contribution in [0.4, 0.5) is 10.8 Å². The van der Waals surface area contributed by atoms with Crippen molar-refractivity contribution >= 4 is 34.0 Å². The molecule has 32 heavy (non-hydrogen) atoms. The molecule has 2 aromatic carbocycles. The van der Waals surface area contributed by atoms with Gasteiger partial charge in [-0.1, -0.05) is 37.2 Å². The number of carbonyl (C=O) groups is 2. The number of amides is 2. The van der Waals surface area contributed by atoms with Crippen molar-refractivity contribution in [2.45, 2.75) is 32.6 Å². The molecule has 0 spiro atoms. The second-order valence-electron chi connectivity index (χ2n) is 7.01. The summed E-state index contributed by atoms with van der Waals surface area (Å²) in [6, 6.07) is 13.6. The van der Waals surface area contributed by atoms with Crippen LogP contribution in [0.15, 0.2) is 48.5 Å². The number of methoxy groups -OCH3 is 1. The Balaban J connectivity index is 1.46. The van der Waals surface area contributed by atoms with Gasteiger partial charge in [0.2, 0.25) is 5.13 Å². The van der Waals surface area contributed by atoms with Gasteiger partial charge in [0.15, 0.2) is 6.61 Å². The standard InChI is InChI=1S/C23H26N4O4S/c1-3-4-5-9-21-26-27-23(32-21)25-22(29)16-10-12-18(13-11-16)31-15-20(28)24-17-7-6-8-19(14-17)30-2/h6-8,10-14H,3-5,9,15H2,1-2H3,(H,24,28)(H,25,27,29). The summed E-state index contributed by atoms with van der Waals surface area (Å²) in [5, 5.41) is 15.1. The van der Waals surface area contributed by atoms with Crippen LogP contribution >= 0.6 is 11.3 Å². The van der Waals surface area contributed by atoms with Crippen LogP contribution in [0.25, 0.3) is 0 Å². The maximum Gasteiger partial charge on any atom is 0.262 e. The van der Waals surface area contributed by atoms with Crippen molar-refractivity contribution < 1.29 is 19.1 Å². The highest BCUT2D eigenvalue weighted by atomic mass is 32.1. The highest BCUT2D eigenvalue weighted by molar-refractivity contribution is 7.15. The third-order valence-corrected chi connectivity index (χ3v) is 5.42. The molecule has 0 aliphatic carbocycles. The highest BCUT2D eigenvalue weighted by Crippen LogP contribution is 2.20. The van der Waals surface area contributed by atoms with E-state index in [-0.39, 0.29) is 18.4 Å². The fraction of sp³-hybridized carbons (Fsp3) is 0.304. The number of rotatable bonds is 11. The fourth-order valence-electron chi connectivity index (χ4n) is 2.85. The molecule has 0 saturated heterocycles. The van der Waals surface area contributed by atoms with Crippen molar-refractivity contribution in [2.75, 3.05) is 24.4 Å². The summed E-state index contributed by atoms with van der Waals surface area (Å²) in [4.78, 5) is 24.5. The smallest absolute Gasteiger partial charge is 0.262 e. The molecule has 0 unspecified atom stereocenters. The number of ether oxygens (including phenoxy) is 2. The van der Waals surface area contributed by atoms with Gasteiger partial charge in [-0.15, -0.1) is 10.2 Å². The van der Waals surface area contributed by atoms with Gasteiger partial charge in [-0.25, -0.2) is 0 Å². The molecule has 2 amide bonds. The molecule has 2 N–H and O–H groups in total. The van der Waals surface area contributed by atoms with Crippen LogP contribution < -0.4 is 20.1 Å². The molecule has 0 atom stereocenters. The Morgan fingerprint density at radius 2 is 1.81 bits per heavy atom. The molecule has 0 fully saturated rings. The SMILES string of the molecule is CCCCCc1nnc(NC(=O)c2ccc(OCC(=O)Nc3cccc(OC)c3)cc2)s1. The van der Waals surface area contributed by atoms with Gasteiger partial charge in [0, 0.05) is 23.7 Å². The van der Waals surface area contributed by atoms with E-state index in [2.05, 4.69) is 27.8 Å². The molecule has 3 rings (SSSR count). The summed E-state index contributed by atoms with van der Waals surface area (Å²) in [5.41, 5.74) is 1.08. The highest BCUT2D eigenvalue weighted by Gasteiger charge is 2.11. The van der Waals surface area contributed by atoms with Gasteiger partial charge in [-0.2, -0.15) is 0 Å². The zero-order chi connectivity index (χ0) is 22.8. The summed E-state index contributed by atoms with van der Waals surface area (Å²) in [7, 11) is 1.56. The van der Waals surface area contributed by atoms with Gasteiger partial charge >= 0.3 is 0 Å². The molecule has 1 aromatic heterocycles. The van der Waals surface area contributed by atoms with E-state index in [1.165, 1.54) is 11.3 Å². The monoisotopic (exact) mass is 454 g/mol. The molecule has 3 aromatic rings. The van der Waals surface area contributed by atoms with E-state index in [0.717, 1.165) is 30.7 Å². The Kier molecular flexibility index (Phi) is 8.56. The van der Waals surface area contributed by atoms with E-state index < -0.39 is 0 Å². The molecule has 0 aliphatic rings. The van der Waals surface area contributed by atoms with Crippen LogP contribution in [-0.2, 0) is 11.2 Å². The first-order valence-corrected chi connectivity index (χ1v) is 11.2. The normalized spacial score (nSPS) is 10.4. The van der Waals surface area contributed by atoms with E-state index in [1.807, 2.05) is 0 Å². The number of benzene rings is 2. The minimum absolute atomic E-state index is 0.158. The number of anilines is 2. The number of aromatic nitrogens is 2. The molecule has 0 aliphatic heterocycles. The molecule has 1 heterocycles. The number of aryl methyl sites for hydroxylation is 1. The van der Waals surface area contributed by atoms with Gasteiger partial charge in [0.1, 0.15) is 16.5 Å². The van der Waals surface area contributed by atoms with Gasteiger partial charge < -0.3 is 14.8 Å². The third-order valence-electron chi connectivity index (χ3n) is 4.52. The van der Waals surface area contributed by atoms with Crippen LogP contribution in [-0.4, -0.2) is 35.7 Å². The molecule has 0 saturated carbocycles. The zero-order valence-electron chi connectivity index (χ0n) is 18.1. The number of nitrogens with zero attached hydrogens (tertiary/aromatic N) is 2. The van der Waals surface area contributed by atoms with Gasteiger partial charge in [-0.05, 0) is 42.8 Å². The summed E-state index contributed by atoms with van der Waals surface area (Å²) in [5.74, 6) is 0.560. The van der Waals surface area contributed by atoms with Crippen LogP contribution in [0.1, 0.15) is 41.6 Å². The number of hydrogen-bond acceptors (Lipinski definition) is 7. The Labute approximate surface area is 191 Å². The summed E-state index contributed by atoms with van der Waals surface area (Å²) in [6.07, 6.45) is 4.24. The predicted molar refractivity (Wildman–Crippen MR) is 125 cm³/mol. The van der Waals surface area contributed by atoms with Gasteiger partial charge in [-0.3, -0.25) is 14.9 Å². The maximum absolute atomic E-state index is 12.4. The summed E-state index contributed by atoms with van der Waals surface area (Å²) < 4.78 is 10.6. The summed E-state index contributed by atoms with van der Waals surface area (Å²) >= 11 is 1.39. The maximum atomic E-state index is 12.4. The van der Waals surface area contributed by atoms with Crippen LogP contribution in [0.3, 0.4) is 0 Å². The van der Waals surface area contributed by atoms with Crippen molar-refractivity contribution in [3.8, 4) is 11.5 Å². The van der Waals surface area contributed by atoms with Crippen molar-refractivity contribution in [1.29, 1.82) is 0 Å². The minimum atomic E-state index is -0.300. The lowest BCUT2D eigenvalue weighted by atomic mass is 10.2. The molecular formula is C23H26N4O4S. The molecular weight excluding hydrogens is 428 g/mol. The van der Waals surface area contributed by atoms with Gasteiger partial charge in [0.05, 0.1) is 7.11 Å². The lowest BCUT2D eigenvalue weighted by Gasteiger charge is -2.09. The molecule has 168 valence electrons. The number of unbranched alkanes of at least 4 members (excludes halogenated alkanes) is 2. The number of nitrogens with one attached hydrogen (secondary N) is 2. The Morgan fingerprint density at radius 3 is 2.56 bits per heavy atom. The minimum Gasteiger partial charge on any atom is -0.497 e. The second-order valence-corrected chi connectivity index (χ2v) is 8.07. The average Bonchev–Trinajstić information content (AvgIpc) is 3.25. The van der Waals surface area contributed by atoms with Crippen molar-refractivity contribution in [3.63, 3.8) is 0 Å². The van der Waals surface area contributed by atoms with Crippen LogP contribution in [0.5, 0.6) is 11.5 Å².